The Morgan fingerprint density at radius 3 is 1.89 bits per heavy atom. The lowest BCUT2D eigenvalue weighted by Crippen LogP contribution is -2.60. The maximum atomic E-state index is 13.7. The summed E-state index contributed by atoms with van der Waals surface area (Å²) in [7, 11) is 0. The van der Waals surface area contributed by atoms with Crippen LogP contribution in [0.3, 0.4) is 0 Å². The molecule has 4 nitrogen and oxygen atoms in total. The Kier molecular flexibility index (Phi) is 4.76. The van der Waals surface area contributed by atoms with Gasteiger partial charge in [0.05, 0.1) is 6.26 Å². The van der Waals surface area contributed by atoms with E-state index < -0.39 is 35.7 Å². The van der Waals surface area contributed by atoms with Crippen molar-refractivity contribution < 1.29 is 30.8 Å². The number of rotatable bonds is 3. The molecule has 0 aliphatic carbocycles. The van der Waals surface area contributed by atoms with Gasteiger partial charge >= 0.3 is 18.0 Å². The summed E-state index contributed by atoms with van der Waals surface area (Å²) >= 11 is 0. The van der Waals surface area contributed by atoms with Gasteiger partial charge in [0.1, 0.15) is 5.84 Å². The van der Waals surface area contributed by atoms with Crippen LogP contribution in [0.4, 0.5) is 26.3 Å². The monoisotopic (exact) mass is 403 g/mol. The van der Waals surface area contributed by atoms with Gasteiger partial charge in [-0.15, -0.1) is 0 Å². The number of amidine groups is 2. The van der Waals surface area contributed by atoms with Crippen LogP contribution in [0.1, 0.15) is 25.2 Å². The first-order valence-corrected chi connectivity index (χ1v) is 8.19. The normalized spacial score (nSPS) is 17.5. The van der Waals surface area contributed by atoms with Crippen LogP contribution in [0.2, 0.25) is 0 Å². The summed E-state index contributed by atoms with van der Waals surface area (Å²) in [5.74, 6) is -1.31. The second kappa shape index (κ2) is 6.68. The minimum absolute atomic E-state index is 0.0908. The number of aliphatic imine (C=N–C) groups is 2. The summed E-state index contributed by atoms with van der Waals surface area (Å²) in [6, 6.07) is 9.41. The fourth-order valence-electron chi connectivity index (χ4n) is 2.81. The SMILES string of the molecule is CC(C)N1C(c2ccccc2)=NC(C(F)(F)F)(C(F)(F)F)N=C1c1ccco1. The molecule has 2 aromatic rings. The predicted octanol–water partition coefficient (Wildman–Crippen LogP) is 5.02. The van der Waals surface area contributed by atoms with E-state index in [1.807, 2.05) is 0 Å². The van der Waals surface area contributed by atoms with Crippen molar-refractivity contribution in [2.75, 3.05) is 0 Å². The first-order chi connectivity index (χ1) is 13.0. The van der Waals surface area contributed by atoms with E-state index in [1.54, 1.807) is 19.9 Å². The first-order valence-electron chi connectivity index (χ1n) is 8.19. The molecule has 0 spiro atoms. The van der Waals surface area contributed by atoms with Gasteiger partial charge in [0.15, 0.2) is 11.6 Å². The molecule has 0 N–H and O–H groups in total. The summed E-state index contributed by atoms with van der Waals surface area (Å²) in [6.07, 6.45) is -10.5. The van der Waals surface area contributed by atoms with Gasteiger partial charge in [0, 0.05) is 11.6 Å². The molecule has 0 saturated heterocycles. The molecule has 3 rings (SSSR count). The number of hydrogen-bond donors (Lipinski definition) is 0. The van der Waals surface area contributed by atoms with Crippen LogP contribution in [0.25, 0.3) is 0 Å². The molecule has 150 valence electrons. The molecule has 1 aliphatic heterocycles. The van der Waals surface area contributed by atoms with Crippen LogP contribution in [0.5, 0.6) is 0 Å². The number of nitrogens with zero attached hydrogens (tertiary/aromatic N) is 3. The van der Waals surface area contributed by atoms with Crippen LogP contribution in [0, 0.1) is 0 Å². The minimum atomic E-state index is -5.81. The summed E-state index contributed by atoms with van der Waals surface area (Å²) < 4.78 is 87.5. The van der Waals surface area contributed by atoms with Crippen LogP contribution in [0.15, 0.2) is 63.1 Å². The van der Waals surface area contributed by atoms with Gasteiger partial charge in [-0.3, -0.25) is 0 Å². The lowest BCUT2D eigenvalue weighted by atomic mass is 10.1. The van der Waals surface area contributed by atoms with Crippen molar-refractivity contribution in [1.29, 1.82) is 0 Å². The summed E-state index contributed by atoms with van der Waals surface area (Å²) in [6.45, 7) is 3.20. The molecule has 0 unspecified atom stereocenters. The molecule has 0 radical (unpaired) electrons. The molecule has 0 amide bonds. The highest BCUT2D eigenvalue weighted by Gasteiger charge is 2.74. The van der Waals surface area contributed by atoms with Crippen molar-refractivity contribution in [3.8, 4) is 0 Å². The van der Waals surface area contributed by atoms with Crippen LogP contribution in [-0.4, -0.2) is 40.6 Å². The zero-order chi connectivity index (χ0) is 20.7. The van der Waals surface area contributed by atoms with Gasteiger partial charge < -0.3 is 9.32 Å². The quantitative estimate of drug-likeness (QED) is 0.676. The highest BCUT2D eigenvalue weighted by Crippen LogP contribution is 2.49. The molecule has 0 bridgehead atoms. The van der Waals surface area contributed by atoms with Crippen LogP contribution in [-0.2, 0) is 0 Å². The standard InChI is InChI=1S/C18H15F6N3O/c1-11(2)27-14(12-7-4-3-5-8-12)25-16(17(19,20)21,18(22,23)24)26-15(27)13-9-6-10-28-13/h3-11H,1-2H3. The second-order valence-corrected chi connectivity index (χ2v) is 6.35. The first kappa shape index (κ1) is 20.0. The van der Waals surface area contributed by atoms with Crippen LogP contribution < -0.4 is 0 Å². The number of hydrogen-bond acceptors (Lipinski definition) is 4. The van der Waals surface area contributed by atoms with Gasteiger partial charge in [0.2, 0.25) is 0 Å². The van der Waals surface area contributed by atoms with E-state index in [-0.39, 0.29) is 11.3 Å². The molecule has 0 saturated carbocycles. The average molecular weight is 403 g/mol. The van der Waals surface area contributed by atoms with Gasteiger partial charge in [0.25, 0.3) is 0 Å². The van der Waals surface area contributed by atoms with E-state index in [4.69, 9.17) is 4.42 Å². The fraction of sp³-hybridized carbons (Fsp3) is 0.333. The number of benzene rings is 1. The van der Waals surface area contributed by atoms with Crippen molar-refractivity contribution in [3.63, 3.8) is 0 Å². The van der Waals surface area contributed by atoms with E-state index in [0.29, 0.717) is 0 Å². The Labute approximate surface area is 156 Å². The topological polar surface area (TPSA) is 41.1 Å². The third-order valence-corrected chi connectivity index (χ3v) is 4.07. The molecular formula is C18H15F6N3O. The average Bonchev–Trinajstić information content (AvgIpc) is 3.13. The van der Waals surface area contributed by atoms with E-state index in [2.05, 4.69) is 9.98 Å². The number of furan rings is 1. The minimum Gasteiger partial charge on any atom is -0.461 e. The smallest absolute Gasteiger partial charge is 0.443 e. The third kappa shape index (κ3) is 3.16. The van der Waals surface area contributed by atoms with Crippen molar-refractivity contribution in [2.24, 2.45) is 9.98 Å². The fourth-order valence-corrected chi connectivity index (χ4v) is 2.81. The van der Waals surface area contributed by atoms with Crippen molar-refractivity contribution in [1.82, 2.24) is 4.90 Å². The Morgan fingerprint density at radius 1 is 0.857 bits per heavy atom. The van der Waals surface area contributed by atoms with Gasteiger partial charge in [-0.25, -0.2) is 9.98 Å². The highest BCUT2D eigenvalue weighted by atomic mass is 19.4. The molecule has 2 heterocycles. The largest absolute Gasteiger partial charge is 0.461 e. The Morgan fingerprint density at radius 2 is 1.43 bits per heavy atom. The van der Waals surface area contributed by atoms with E-state index >= 15 is 0 Å². The number of halogens is 6. The van der Waals surface area contributed by atoms with Crippen molar-refractivity contribution in [3.05, 3.63) is 60.1 Å². The van der Waals surface area contributed by atoms with Gasteiger partial charge in [-0.1, -0.05) is 30.3 Å². The van der Waals surface area contributed by atoms with Crippen molar-refractivity contribution in [2.45, 2.75) is 37.9 Å². The Hall–Kier alpha value is -2.78. The molecular weight excluding hydrogens is 388 g/mol. The van der Waals surface area contributed by atoms with E-state index in [9.17, 15) is 26.3 Å². The molecule has 10 heteroatoms. The lowest BCUT2D eigenvalue weighted by molar-refractivity contribution is -0.293. The molecule has 1 aromatic carbocycles. The summed E-state index contributed by atoms with van der Waals surface area (Å²) in [5.41, 5.74) is -4.55. The molecule has 0 atom stereocenters. The van der Waals surface area contributed by atoms with E-state index in [0.717, 1.165) is 6.26 Å². The molecule has 28 heavy (non-hydrogen) atoms. The summed E-state index contributed by atoms with van der Waals surface area (Å²) in [5, 5.41) is 0. The second-order valence-electron chi connectivity index (χ2n) is 6.35. The number of alkyl halides is 6. The zero-order valence-electron chi connectivity index (χ0n) is 14.7. The maximum absolute atomic E-state index is 13.7. The lowest BCUT2D eigenvalue weighted by Gasteiger charge is -2.40. The third-order valence-electron chi connectivity index (χ3n) is 4.07. The van der Waals surface area contributed by atoms with Crippen molar-refractivity contribution >= 4 is 11.7 Å². The Bertz CT molecular complexity index is 868. The molecule has 0 fully saturated rings. The van der Waals surface area contributed by atoms with Gasteiger partial charge in [-0.05, 0) is 26.0 Å². The van der Waals surface area contributed by atoms with Crippen LogP contribution >= 0.6 is 0 Å². The van der Waals surface area contributed by atoms with Gasteiger partial charge in [-0.2, -0.15) is 26.3 Å². The maximum Gasteiger partial charge on any atom is 0.443 e. The molecule has 1 aliphatic rings. The molecule has 1 aromatic heterocycles. The Balaban J connectivity index is 2.38. The zero-order valence-corrected chi connectivity index (χ0v) is 14.7. The van der Waals surface area contributed by atoms with E-state index in [1.165, 1.54) is 41.3 Å². The highest BCUT2D eigenvalue weighted by molar-refractivity contribution is 6.15. The summed E-state index contributed by atoms with van der Waals surface area (Å²) in [4.78, 5) is 7.44. The predicted molar refractivity (Wildman–Crippen MR) is 90.0 cm³/mol.